The predicted molar refractivity (Wildman–Crippen MR) is 92.6 cm³/mol. The van der Waals surface area contributed by atoms with Gasteiger partial charge >= 0.3 is 0 Å². The molecule has 0 radical (unpaired) electrons. The van der Waals surface area contributed by atoms with Crippen molar-refractivity contribution >= 4 is 17.0 Å². The Bertz CT molecular complexity index is 321. The van der Waals surface area contributed by atoms with Gasteiger partial charge in [-0.15, -0.1) is 0 Å². The molecular weight excluding hydrogens is 300 g/mol. The van der Waals surface area contributed by atoms with E-state index in [9.17, 15) is 4.79 Å². The first-order chi connectivity index (χ1) is 10.4. The highest BCUT2D eigenvalue weighted by atomic mass is 32.2. The minimum Gasteiger partial charge on any atom is -0.380 e. The van der Waals surface area contributed by atoms with E-state index in [0.29, 0.717) is 12.0 Å². The molecule has 0 aliphatic carbocycles. The maximum Gasteiger partial charge on any atom is 0.278 e. The maximum absolute atomic E-state index is 11.2. The topological polar surface area (TPSA) is 50.8 Å². The molecule has 0 saturated carbocycles. The van der Waals surface area contributed by atoms with Crippen LogP contribution in [-0.4, -0.2) is 68.5 Å². The molecule has 1 amide bonds. The van der Waals surface area contributed by atoms with Crippen molar-refractivity contribution in [1.29, 1.82) is 0 Å². The van der Waals surface area contributed by atoms with Crippen LogP contribution in [-0.2, 0) is 9.47 Å². The van der Waals surface area contributed by atoms with Crippen LogP contribution in [0.3, 0.4) is 0 Å². The van der Waals surface area contributed by atoms with E-state index >= 15 is 0 Å². The molecule has 0 aromatic carbocycles. The quantitative estimate of drug-likeness (QED) is 0.693. The molecule has 0 spiro atoms. The fourth-order valence-electron chi connectivity index (χ4n) is 2.38. The molecule has 1 saturated heterocycles. The molecule has 0 unspecified atom stereocenters. The lowest BCUT2D eigenvalue weighted by Gasteiger charge is -2.32. The molecule has 5 nitrogen and oxygen atoms in total. The lowest BCUT2D eigenvalue weighted by Crippen LogP contribution is -2.48. The molecule has 1 aliphatic rings. The number of thioether (sulfide) groups is 1. The average Bonchev–Trinajstić information content (AvgIpc) is 2.47. The zero-order chi connectivity index (χ0) is 16.4. The van der Waals surface area contributed by atoms with E-state index in [2.05, 4.69) is 31.0 Å². The van der Waals surface area contributed by atoms with E-state index in [1.165, 1.54) is 18.2 Å². The maximum atomic E-state index is 11.2. The number of amides is 1. The minimum atomic E-state index is 0.00269. The number of ether oxygens (including phenoxy) is 2. The number of morpholine rings is 1. The largest absolute Gasteiger partial charge is 0.380 e. The van der Waals surface area contributed by atoms with Crippen LogP contribution in [0, 0.1) is 5.41 Å². The second-order valence-corrected chi connectivity index (χ2v) is 7.72. The first kappa shape index (κ1) is 19.7. The molecule has 0 aromatic heterocycles. The van der Waals surface area contributed by atoms with Crippen molar-refractivity contribution < 1.29 is 14.3 Å². The summed E-state index contributed by atoms with van der Waals surface area (Å²) in [6.07, 6.45) is 4.18. The first-order valence-corrected chi connectivity index (χ1v) is 9.37. The van der Waals surface area contributed by atoms with Gasteiger partial charge in [0, 0.05) is 32.8 Å². The smallest absolute Gasteiger partial charge is 0.278 e. The third-order valence-corrected chi connectivity index (χ3v) is 4.16. The number of hydrogen-bond donors (Lipinski definition) is 1. The molecule has 0 aromatic rings. The van der Waals surface area contributed by atoms with Crippen molar-refractivity contribution in [3.05, 3.63) is 0 Å². The van der Waals surface area contributed by atoms with Crippen molar-refractivity contribution in [3.63, 3.8) is 0 Å². The van der Waals surface area contributed by atoms with Crippen LogP contribution in [0.5, 0.6) is 0 Å². The fourth-order valence-corrected chi connectivity index (χ4v) is 2.60. The van der Waals surface area contributed by atoms with Gasteiger partial charge in [-0.2, -0.15) is 0 Å². The molecule has 1 fully saturated rings. The van der Waals surface area contributed by atoms with Crippen molar-refractivity contribution in [2.75, 3.05) is 52.3 Å². The number of carbonyl (C=O) groups is 1. The second-order valence-electron chi connectivity index (χ2n) is 6.94. The highest BCUT2D eigenvalue weighted by molar-refractivity contribution is 8.12. The lowest BCUT2D eigenvalue weighted by molar-refractivity contribution is -0.0337. The Labute approximate surface area is 139 Å². The van der Waals surface area contributed by atoms with Crippen LogP contribution in [0.4, 0.5) is 4.79 Å². The van der Waals surface area contributed by atoms with Crippen LogP contribution in [0.2, 0.25) is 0 Å². The number of nitrogens with zero attached hydrogens (tertiary/aromatic N) is 1. The van der Waals surface area contributed by atoms with Crippen LogP contribution in [0.25, 0.3) is 0 Å². The van der Waals surface area contributed by atoms with Crippen molar-refractivity contribution in [3.8, 4) is 0 Å². The molecule has 1 heterocycles. The van der Waals surface area contributed by atoms with Gasteiger partial charge in [-0.1, -0.05) is 32.5 Å². The summed E-state index contributed by atoms with van der Waals surface area (Å²) >= 11 is 1.20. The monoisotopic (exact) mass is 332 g/mol. The van der Waals surface area contributed by atoms with E-state index < -0.39 is 0 Å². The Morgan fingerprint density at radius 1 is 1.41 bits per heavy atom. The van der Waals surface area contributed by atoms with Gasteiger partial charge in [0.05, 0.1) is 19.3 Å². The van der Waals surface area contributed by atoms with Crippen molar-refractivity contribution in [2.45, 2.75) is 39.7 Å². The molecule has 22 heavy (non-hydrogen) atoms. The molecule has 1 aliphatic heterocycles. The summed E-state index contributed by atoms with van der Waals surface area (Å²) in [7, 11) is 0. The third-order valence-electron chi connectivity index (χ3n) is 3.65. The normalized spacial score (nSPS) is 20.1. The standard InChI is InChI=1S/C16H32N2O3S/c1-16(2,3)6-5-9-20-10-7-18-8-11-21-14(13-18)12-17-15(19)22-4/h14H,5-13H2,1-4H3,(H,17,19)/t14-/m0/s1. The Kier molecular flexibility index (Phi) is 9.40. The number of hydrogen-bond acceptors (Lipinski definition) is 5. The van der Waals surface area contributed by atoms with E-state index in [0.717, 1.165) is 45.9 Å². The van der Waals surface area contributed by atoms with Gasteiger partial charge in [-0.05, 0) is 24.5 Å². The van der Waals surface area contributed by atoms with E-state index in [1.807, 2.05) is 0 Å². The third kappa shape index (κ3) is 9.66. The number of rotatable bonds is 8. The van der Waals surface area contributed by atoms with Gasteiger partial charge in [-0.25, -0.2) is 0 Å². The summed E-state index contributed by atoms with van der Waals surface area (Å²) in [6, 6.07) is 0. The van der Waals surface area contributed by atoms with Gasteiger partial charge in [0.25, 0.3) is 5.24 Å². The Morgan fingerprint density at radius 3 is 2.86 bits per heavy atom. The molecule has 6 heteroatoms. The summed E-state index contributed by atoms with van der Waals surface area (Å²) in [5, 5.41) is 2.86. The summed E-state index contributed by atoms with van der Waals surface area (Å²) in [5.74, 6) is 0. The van der Waals surface area contributed by atoms with Crippen molar-refractivity contribution in [2.24, 2.45) is 5.41 Å². The molecule has 130 valence electrons. The van der Waals surface area contributed by atoms with Crippen LogP contribution in [0.1, 0.15) is 33.6 Å². The zero-order valence-electron chi connectivity index (χ0n) is 14.5. The predicted octanol–water partition coefficient (Wildman–Crippen LogP) is 2.60. The lowest BCUT2D eigenvalue weighted by atomic mass is 9.91. The van der Waals surface area contributed by atoms with Gasteiger partial charge in [0.15, 0.2) is 0 Å². The summed E-state index contributed by atoms with van der Waals surface area (Å²) in [5.41, 5.74) is 0.391. The van der Waals surface area contributed by atoms with E-state index in [1.54, 1.807) is 6.26 Å². The SMILES string of the molecule is CSC(=O)NC[C@H]1CN(CCOCCCC(C)(C)C)CCO1. The average molecular weight is 333 g/mol. The minimum absolute atomic E-state index is 0.00269. The molecule has 1 N–H and O–H groups in total. The Balaban J connectivity index is 2.07. The summed E-state index contributed by atoms with van der Waals surface area (Å²) in [4.78, 5) is 13.6. The Hall–Kier alpha value is -0.300. The number of nitrogens with one attached hydrogen (secondary N) is 1. The highest BCUT2D eigenvalue weighted by Gasteiger charge is 2.20. The second kappa shape index (κ2) is 10.5. The Morgan fingerprint density at radius 2 is 2.18 bits per heavy atom. The van der Waals surface area contributed by atoms with Crippen LogP contribution < -0.4 is 5.32 Å². The highest BCUT2D eigenvalue weighted by Crippen LogP contribution is 2.20. The molecule has 0 bridgehead atoms. The fraction of sp³-hybridized carbons (Fsp3) is 0.938. The summed E-state index contributed by atoms with van der Waals surface area (Å²) in [6.45, 7) is 12.4. The van der Waals surface area contributed by atoms with Crippen LogP contribution >= 0.6 is 11.8 Å². The molecule has 1 rings (SSSR count). The van der Waals surface area contributed by atoms with Gasteiger partial charge in [0.2, 0.25) is 0 Å². The molecular formula is C16H32N2O3S. The number of carbonyl (C=O) groups excluding carboxylic acids is 1. The summed E-state index contributed by atoms with van der Waals surface area (Å²) < 4.78 is 11.4. The van der Waals surface area contributed by atoms with Crippen molar-refractivity contribution in [1.82, 2.24) is 10.2 Å². The molecule has 1 atom stereocenters. The van der Waals surface area contributed by atoms with Gasteiger partial charge in [-0.3, -0.25) is 9.69 Å². The van der Waals surface area contributed by atoms with Crippen LogP contribution in [0.15, 0.2) is 0 Å². The van der Waals surface area contributed by atoms with Gasteiger partial charge in [0.1, 0.15) is 0 Å². The van der Waals surface area contributed by atoms with E-state index in [-0.39, 0.29) is 11.3 Å². The zero-order valence-corrected chi connectivity index (χ0v) is 15.3. The first-order valence-electron chi connectivity index (χ1n) is 8.14. The van der Waals surface area contributed by atoms with E-state index in [4.69, 9.17) is 9.47 Å². The van der Waals surface area contributed by atoms with Gasteiger partial charge < -0.3 is 14.8 Å².